The lowest BCUT2D eigenvalue weighted by Gasteiger charge is -2.28. The topological polar surface area (TPSA) is 349 Å². The number of fused-ring (bicyclic) bond motifs is 2. The van der Waals surface area contributed by atoms with E-state index in [1.165, 1.54) is 67.3 Å². The number of rotatable bonds is 10. The molecule has 0 aliphatic carbocycles. The third-order valence-corrected chi connectivity index (χ3v) is 12.2. The summed E-state index contributed by atoms with van der Waals surface area (Å²) in [5.41, 5.74) is -7.85. The van der Waals surface area contributed by atoms with Crippen molar-refractivity contribution < 1.29 is 64.5 Å². The Morgan fingerprint density at radius 2 is 0.871 bits per heavy atom. The molecule has 10 aromatic rings. The van der Waals surface area contributed by atoms with E-state index < -0.39 is 81.8 Å². The van der Waals surface area contributed by atoms with Gasteiger partial charge in [0.15, 0.2) is 28.8 Å². The van der Waals surface area contributed by atoms with Crippen LogP contribution in [0.15, 0.2) is 123 Å². The standard InChI is InChI=1S/C32H29F3N10O5.C27H21F3N10O3/c1-30(2,3)49-28(47)43(29(48)50-31(4,5)6)26-21-10-8-7-9-20(21)23(17-38-26)44-24(32(33,34)35)22(16-41-44)27(46)42-19-13-18(14-36)25(37-15-19)45-39-11-12-40-45;1-26(2,3)43-25(42)38-22-18-7-5-4-6-17(18)20(14-32-22)39-21(27(28,29)30)19(13-36-39)24(41)37-16-10-15(11-31)23(33-12-16)40-34-8-9-35-40/h7-13,15-17H,1-6H3,(H,42,46);4-10,12-14H,1-3H3,(H,37,41)(H,32,38,42). The highest BCUT2D eigenvalue weighted by atomic mass is 19.4. The number of nitrogens with one attached hydrogen (secondary N) is 3. The van der Waals surface area contributed by atoms with Crippen LogP contribution in [-0.4, -0.2) is 116 Å². The minimum atomic E-state index is -5.12. The Labute approximate surface area is 521 Å². The predicted molar refractivity (Wildman–Crippen MR) is 316 cm³/mol. The Morgan fingerprint density at radius 3 is 1.27 bits per heavy atom. The number of benzene rings is 2. The molecule has 0 atom stereocenters. The molecule has 5 amide bonds. The van der Waals surface area contributed by atoms with Crippen molar-refractivity contribution in [1.29, 1.82) is 10.5 Å². The first-order valence-corrected chi connectivity index (χ1v) is 27.2. The second-order valence-electron chi connectivity index (χ2n) is 22.6. The summed E-state index contributed by atoms with van der Waals surface area (Å²) in [4.78, 5) is 84.6. The first-order chi connectivity index (χ1) is 43.7. The van der Waals surface area contributed by atoms with Crippen molar-refractivity contribution in [2.24, 2.45) is 0 Å². The van der Waals surface area contributed by atoms with Crippen LogP contribution in [0.4, 0.5) is 63.7 Å². The molecule has 2 aromatic carbocycles. The number of nitrogens with zero attached hydrogens (tertiary/aromatic N) is 17. The summed E-state index contributed by atoms with van der Waals surface area (Å²) in [5.74, 6) is -2.45. The Bertz CT molecular complexity index is 4580. The van der Waals surface area contributed by atoms with E-state index in [1.54, 1.807) is 80.5 Å². The first-order valence-electron chi connectivity index (χ1n) is 27.2. The van der Waals surface area contributed by atoms with Crippen molar-refractivity contribution in [1.82, 2.24) is 69.5 Å². The number of hydrogen-bond acceptors (Lipinski definition) is 20. The molecule has 10 rings (SSSR count). The average molecular weight is 1280 g/mol. The highest BCUT2D eigenvalue weighted by molar-refractivity contribution is 6.15. The molecular formula is C59H50F6N20O8. The zero-order valence-corrected chi connectivity index (χ0v) is 50.2. The molecule has 476 valence electrons. The fourth-order valence-corrected chi connectivity index (χ4v) is 8.74. The Hall–Kier alpha value is -12.2. The molecule has 0 bridgehead atoms. The smallest absolute Gasteiger partial charge is 0.434 e. The average Bonchev–Trinajstić information content (AvgIpc) is 1.74. The molecule has 0 saturated carbocycles. The summed E-state index contributed by atoms with van der Waals surface area (Å²) < 4.78 is 105. The van der Waals surface area contributed by atoms with Gasteiger partial charge in [-0.05, 0) is 74.4 Å². The first kappa shape index (κ1) is 65.2. The largest absolute Gasteiger partial charge is 0.444 e. The van der Waals surface area contributed by atoms with E-state index in [0.29, 0.717) is 19.6 Å². The Kier molecular flexibility index (Phi) is 17.8. The molecule has 93 heavy (non-hydrogen) atoms. The summed E-state index contributed by atoms with van der Waals surface area (Å²) in [6.45, 7) is 14.6. The molecule has 0 spiro atoms. The van der Waals surface area contributed by atoms with E-state index in [1.807, 2.05) is 12.1 Å². The number of hydrogen-bond donors (Lipinski definition) is 3. The molecule has 0 aliphatic heterocycles. The molecule has 8 aromatic heterocycles. The Balaban J connectivity index is 0.000000222. The van der Waals surface area contributed by atoms with Crippen molar-refractivity contribution in [2.45, 2.75) is 91.5 Å². The number of carbonyl (C=O) groups excluding carboxylic acids is 5. The van der Waals surface area contributed by atoms with Gasteiger partial charge < -0.3 is 24.8 Å². The molecule has 0 unspecified atom stereocenters. The number of imide groups is 1. The Morgan fingerprint density at radius 1 is 0.484 bits per heavy atom. The molecule has 0 aliphatic rings. The predicted octanol–water partition coefficient (Wildman–Crippen LogP) is 11.1. The van der Waals surface area contributed by atoms with Gasteiger partial charge in [-0.2, -0.15) is 72.4 Å². The fraction of sp³-hybridized carbons (Fsp3) is 0.237. The monoisotopic (exact) mass is 1280 g/mol. The van der Waals surface area contributed by atoms with Crippen molar-refractivity contribution in [3.05, 3.63) is 156 Å². The van der Waals surface area contributed by atoms with Crippen molar-refractivity contribution >= 4 is 74.6 Å². The van der Waals surface area contributed by atoms with Crippen molar-refractivity contribution in [2.75, 3.05) is 20.9 Å². The van der Waals surface area contributed by atoms with Crippen molar-refractivity contribution in [3.63, 3.8) is 0 Å². The lowest BCUT2D eigenvalue weighted by molar-refractivity contribution is -0.143. The van der Waals surface area contributed by atoms with Crippen LogP contribution in [0, 0.1) is 22.7 Å². The molecule has 0 fully saturated rings. The number of pyridine rings is 4. The molecule has 0 saturated heterocycles. The van der Waals surface area contributed by atoms with E-state index in [-0.39, 0.29) is 73.3 Å². The second-order valence-corrected chi connectivity index (χ2v) is 22.6. The van der Waals surface area contributed by atoms with Gasteiger partial charge in [-0.15, -0.1) is 9.59 Å². The zero-order valence-electron chi connectivity index (χ0n) is 50.2. The molecule has 34 heteroatoms. The molecule has 8 heterocycles. The van der Waals surface area contributed by atoms with Crippen LogP contribution in [0.1, 0.15) is 106 Å². The number of amides is 5. The van der Waals surface area contributed by atoms with Gasteiger partial charge in [-0.1, -0.05) is 48.5 Å². The van der Waals surface area contributed by atoms with E-state index in [9.17, 15) is 60.8 Å². The fourth-order valence-electron chi connectivity index (χ4n) is 8.74. The van der Waals surface area contributed by atoms with Crippen LogP contribution in [0.3, 0.4) is 0 Å². The molecule has 28 nitrogen and oxygen atoms in total. The summed E-state index contributed by atoms with van der Waals surface area (Å²) in [7, 11) is 0. The second kappa shape index (κ2) is 25.3. The minimum absolute atomic E-state index is 0.0293. The lowest BCUT2D eigenvalue weighted by atomic mass is 10.1. The highest BCUT2D eigenvalue weighted by Gasteiger charge is 2.43. The number of anilines is 4. The summed E-state index contributed by atoms with van der Waals surface area (Å²) >= 11 is 0. The van der Waals surface area contributed by atoms with Gasteiger partial charge in [0, 0.05) is 21.5 Å². The molecule has 0 radical (unpaired) electrons. The van der Waals surface area contributed by atoms with E-state index in [4.69, 9.17) is 14.2 Å². The third-order valence-electron chi connectivity index (χ3n) is 12.2. The van der Waals surface area contributed by atoms with E-state index in [2.05, 4.69) is 66.5 Å². The quantitative estimate of drug-likeness (QED) is 0.0845. The number of halogens is 6. The number of aromatic nitrogens is 14. The van der Waals surface area contributed by atoms with Gasteiger partial charge in [0.25, 0.3) is 11.8 Å². The van der Waals surface area contributed by atoms with Crippen LogP contribution in [0.5, 0.6) is 0 Å². The number of alkyl halides is 6. The highest BCUT2D eigenvalue weighted by Crippen LogP contribution is 2.39. The maximum absolute atomic E-state index is 14.7. The summed E-state index contributed by atoms with van der Waals surface area (Å²) in [6, 6.07) is 18.4. The van der Waals surface area contributed by atoms with Gasteiger partial charge in [0.2, 0.25) is 0 Å². The van der Waals surface area contributed by atoms with E-state index >= 15 is 0 Å². The minimum Gasteiger partial charge on any atom is -0.444 e. The van der Waals surface area contributed by atoms with Crippen LogP contribution in [0.2, 0.25) is 0 Å². The van der Waals surface area contributed by atoms with Gasteiger partial charge >= 0.3 is 30.6 Å². The normalized spacial score (nSPS) is 11.8. The van der Waals surface area contributed by atoms with Crippen LogP contribution in [0.25, 0.3) is 44.6 Å². The van der Waals surface area contributed by atoms with Crippen LogP contribution in [-0.2, 0) is 26.6 Å². The summed E-state index contributed by atoms with van der Waals surface area (Å²) in [6.07, 6.45) is -1.85. The third kappa shape index (κ3) is 14.8. The van der Waals surface area contributed by atoms with Gasteiger partial charge in [0.05, 0.1) is 95.8 Å². The van der Waals surface area contributed by atoms with Crippen LogP contribution < -0.4 is 20.9 Å². The van der Waals surface area contributed by atoms with Gasteiger partial charge in [0.1, 0.15) is 45.9 Å². The molecule has 3 N–H and O–H groups in total. The lowest BCUT2D eigenvalue weighted by Crippen LogP contribution is -2.44. The summed E-state index contributed by atoms with van der Waals surface area (Å²) in [5, 5.41) is 50.4. The number of carbonyl (C=O) groups is 5. The SMILES string of the molecule is CC(C)(C)OC(=O)N(C(=O)OC(C)(C)C)c1ncc(-n2ncc(C(=O)Nc3cnc(-n4nccn4)c(C#N)c3)c2C(F)(F)F)c2ccccc12.CC(C)(C)OC(=O)Nc1ncc(-n2ncc(C(=O)Nc3cnc(-n4nccn4)c(C#N)c3)c2C(F)(F)F)c2ccccc12. The number of nitriles is 2. The van der Waals surface area contributed by atoms with Crippen molar-refractivity contribution in [3.8, 4) is 35.1 Å². The molecular weight excluding hydrogens is 1230 g/mol. The van der Waals surface area contributed by atoms with E-state index in [0.717, 1.165) is 46.8 Å². The zero-order chi connectivity index (χ0) is 67.5. The number of ether oxygens (including phenoxy) is 3. The van der Waals surface area contributed by atoms with Gasteiger partial charge in [-0.25, -0.2) is 43.7 Å². The maximum atomic E-state index is 14.7. The van der Waals surface area contributed by atoms with Gasteiger partial charge in [-0.3, -0.25) is 14.9 Å². The maximum Gasteiger partial charge on any atom is 0.434 e. The van der Waals surface area contributed by atoms with Crippen LogP contribution >= 0.6 is 0 Å².